The van der Waals surface area contributed by atoms with Gasteiger partial charge in [-0.3, -0.25) is 4.79 Å². The fourth-order valence-corrected chi connectivity index (χ4v) is 2.42. The molecule has 2 rings (SSSR count). The second-order valence-corrected chi connectivity index (χ2v) is 5.12. The molecule has 1 amide bonds. The van der Waals surface area contributed by atoms with E-state index in [1.807, 2.05) is 0 Å². The van der Waals surface area contributed by atoms with E-state index in [1.54, 1.807) is 0 Å². The third-order valence-electron chi connectivity index (χ3n) is 3.51. The fourth-order valence-electron chi connectivity index (χ4n) is 2.42. The maximum atomic E-state index is 10.6. The van der Waals surface area contributed by atoms with E-state index >= 15 is 0 Å². The summed E-state index contributed by atoms with van der Waals surface area (Å²) in [6.45, 7) is 2.09. The number of unbranched alkanes of at least 4 members (excludes halogenated alkanes) is 3. The van der Waals surface area contributed by atoms with E-state index in [2.05, 4.69) is 41.4 Å². The van der Waals surface area contributed by atoms with Gasteiger partial charge in [0.2, 0.25) is 5.91 Å². The first-order valence-corrected chi connectivity index (χ1v) is 7.04. The van der Waals surface area contributed by atoms with Gasteiger partial charge in [-0.1, -0.05) is 37.1 Å². The summed E-state index contributed by atoms with van der Waals surface area (Å²) in [5.74, 6) is -0.185. The first-order chi connectivity index (χ1) is 9.25. The van der Waals surface area contributed by atoms with E-state index in [1.165, 1.54) is 24.0 Å². The number of amides is 1. The van der Waals surface area contributed by atoms with Gasteiger partial charge in [0.15, 0.2) is 0 Å². The second-order valence-electron chi connectivity index (χ2n) is 5.12. The highest BCUT2D eigenvalue weighted by Gasteiger charge is 2.08. The van der Waals surface area contributed by atoms with Crippen LogP contribution in [-0.4, -0.2) is 17.4 Å². The van der Waals surface area contributed by atoms with Crippen molar-refractivity contribution in [2.45, 2.75) is 38.6 Å². The number of nitrogens with two attached hydrogens (primary N) is 1. The standard InChI is InChI=1S/C16H22N2O/c17-16(19)9-3-1-2-6-11-18-12-10-14-7-4-5-8-15(14)13-18/h4-5,7-8,10,12H,1-3,6,9,11,13H2,(H2,17,19). The van der Waals surface area contributed by atoms with Crippen molar-refractivity contribution in [2.75, 3.05) is 6.54 Å². The lowest BCUT2D eigenvalue weighted by Gasteiger charge is -2.25. The average Bonchev–Trinajstić information content (AvgIpc) is 2.42. The lowest BCUT2D eigenvalue weighted by Crippen LogP contribution is -2.21. The lowest BCUT2D eigenvalue weighted by atomic mass is 10.0. The van der Waals surface area contributed by atoms with Crippen molar-refractivity contribution in [3.05, 3.63) is 41.6 Å². The summed E-state index contributed by atoms with van der Waals surface area (Å²) in [6.07, 6.45) is 9.25. The van der Waals surface area contributed by atoms with Gasteiger partial charge in [0.1, 0.15) is 0 Å². The zero-order chi connectivity index (χ0) is 13.5. The Morgan fingerprint density at radius 2 is 1.95 bits per heavy atom. The molecule has 19 heavy (non-hydrogen) atoms. The van der Waals surface area contributed by atoms with Crippen LogP contribution in [0.1, 0.15) is 43.2 Å². The minimum Gasteiger partial charge on any atom is -0.373 e. The number of primary amides is 1. The second kappa shape index (κ2) is 6.98. The highest BCUT2D eigenvalue weighted by molar-refractivity contribution is 5.73. The first-order valence-electron chi connectivity index (χ1n) is 7.04. The van der Waals surface area contributed by atoms with Crippen LogP contribution in [0.2, 0.25) is 0 Å². The molecule has 0 spiro atoms. The molecule has 0 saturated carbocycles. The van der Waals surface area contributed by atoms with Gasteiger partial charge < -0.3 is 10.6 Å². The Labute approximate surface area is 115 Å². The van der Waals surface area contributed by atoms with E-state index in [0.717, 1.165) is 25.9 Å². The minimum absolute atomic E-state index is 0.185. The number of fused-ring (bicyclic) bond motifs is 1. The zero-order valence-corrected chi connectivity index (χ0v) is 11.3. The van der Waals surface area contributed by atoms with Crippen molar-refractivity contribution >= 4 is 12.0 Å². The number of nitrogens with zero attached hydrogens (tertiary/aromatic N) is 1. The van der Waals surface area contributed by atoms with E-state index in [4.69, 9.17) is 5.73 Å². The van der Waals surface area contributed by atoms with Crippen LogP contribution in [0.4, 0.5) is 0 Å². The Morgan fingerprint density at radius 3 is 2.79 bits per heavy atom. The van der Waals surface area contributed by atoms with Crippen LogP contribution in [0.3, 0.4) is 0 Å². The molecule has 1 heterocycles. The van der Waals surface area contributed by atoms with Crippen molar-refractivity contribution < 1.29 is 4.79 Å². The maximum Gasteiger partial charge on any atom is 0.217 e. The molecule has 0 unspecified atom stereocenters. The van der Waals surface area contributed by atoms with Gasteiger partial charge in [-0.25, -0.2) is 0 Å². The van der Waals surface area contributed by atoms with Crippen LogP contribution in [-0.2, 0) is 11.3 Å². The van der Waals surface area contributed by atoms with E-state index in [-0.39, 0.29) is 5.91 Å². The minimum atomic E-state index is -0.185. The molecule has 1 aliphatic rings. The van der Waals surface area contributed by atoms with Gasteiger partial charge in [0.25, 0.3) is 0 Å². The van der Waals surface area contributed by atoms with Crippen LogP contribution in [0, 0.1) is 0 Å². The summed E-state index contributed by atoms with van der Waals surface area (Å²) >= 11 is 0. The largest absolute Gasteiger partial charge is 0.373 e. The Hall–Kier alpha value is -1.77. The quantitative estimate of drug-likeness (QED) is 0.764. The van der Waals surface area contributed by atoms with Gasteiger partial charge in [0.05, 0.1) is 0 Å². The fraction of sp³-hybridized carbons (Fsp3) is 0.438. The molecule has 1 aromatic rings. The van der Waals surface area contributed by atoms with Crippen LogP contribution in [0.5, 0.6) is 0 Å². The van der Waals surface area contributed by atoms with Crippen molar-refractivity contribution in [1.82, 2.24) is 4.90 Å². The predicted molar refractivity (Wildman–Crippen MR) is 78.2 cm³/mol. The molecular weight excluding hydrogens is 236 g/mol. The molecule has 0 fully saturated rings. The SMILES string of the molecule is NC(=O)CCCCCCN1C=Cc2ccccc2C1. The summed E-state index contributed by atoms with van der Waals surface area (Å²) < 4.78 is 0. The summed E-state index contributed by atoms with van der Waals surface area (Å²) in [5, 5.41) is 0. The number of hydrogen-bond donors (Lipinski definition) is 1. The van der Waals surface area contributed by atoms with Crippen molar-refractivity contribution in [2.24, 2.45) is 5.73 Å². The Balaban J connectivity index is 1.65. The summed E-state index contributed by atoms with van der Waals surface area (Å²) in [5.41, 5.74) is 7.85. The number of benzene rings is 1. The number of carbonyl (C=O) groups excluding carboxylic acids is 1. The van der Waals surface area contributed by atoms with Gasteiger partial charge in [0, 0.05) is 19.5 Å². The molecule has 1 aliphatic heterocycles. The molecule has 0 atom stereocenters. The van der Waals surface area contributed by atoms with Gasteiger partial charge in [-0.2, -0.15) is 0 Å². The Bertz CT molecular complexity index is 454. The molecule has 1 aromatic carbocycles. The third kappa shape index (κ3) is 4.43. The molecule has 3 heteroatoms. The first kappa shape index (κ1) is 13.7. The monoisotopic (exact) mass is 258 g/mol. The van der Waals surface area contributed by atoms with Crippen LogP contribution < -0.4 is 5.73 Å². The molecule has 0 bridgehead atoms. The highest BCUT2D eigenvalue weighted by Crippen LogP contribution is 2.19. The van der Waals surface area contributed by atoms with Crippen molar-refractivity contribution in [3.8, 4) is 0 Å². The smallest absolute Gasteiger partial charge is 0.217 e. The topological polar surface area (TPSA) is 46.3 Å². The van der Waals surface area contributed by atoms with E-state index < -0.39 is 0 Å². The molecule has 3 nitrogen and oxygen atoms in total. The summed E-state index contributed by atoms with van der Waals surface area (Å²) in [4.78, 5) is 13.0. The molecule has 0 aromatic heterocycles. The van der Waals surface area contributed by atoms with Crippen LogP contribution in [0.15, 0.2) is 30.5 Å². The Morgan fingerprint density at radius 1 is 1.16 bits per heavy atom. The average molecular weight is 258 g/mol. The third-order valence-corrected chi connectivity index (χ3v) is 3.51. The van der Waals surface area contributed by atoms with E-state index in [0.29, 0.717) is 6.42 Å². The van der Waals surface area contributed by atoms with Gasteiger partial charge in [-0.15, -0.1) is 0 Å². The van der Waals surface area contributed by atoms with Crippen LogP contribution >= 0.6 is 0 Å². The van der Waals surface area contributed by atoms with Gasteiger partial charge in [-0.05, 0) is 36.2 Å². The number of rotatable bonds is 7. The maximum absolute atomic E-state index is 10.6. The molecule has 0 radical (unpaired) electrons. The normalized spacial score (nSPS) is 13.4. The number of hydrogen-bond acceptors (Lipinski definition) is 2. The zero-order valence-electron chi connectivity index (χ0n) is 11.3. The highest BCUT2D eigenvalue weighted by atomic mass is 16.1. The summed E-state index contributed by atoms with van der Waals surface area (Å²) in [7, 11) is 0. The molecule has 0 aliphatic carbocycles. The lowest BCUT2D eigenvalue weighted by molar-refractivity contribution is -0.118. The van der Waals surface area contributed by atoms with Gasteiger partial charge >= 0.3 is 0 Å². The van der Waals surface area contributed by atoms with E-state index in [9.17, 15) is 4.79 Å². The van der Waals surface area contributed by atoms with Crippen molar-refractivity contribution in [3.63, 3.8) is 0 Å². The summed E-state index contributed by atoms with van der Waals surface area (Å²) in [6, 6.07) is 8.53. The van der Waals surface area contributed by atoms with Crippen molar-refractivity contribution in [1.29, 1.82) is 0 Å². The van der Waals surface area contributed by atoms with Crippen LogP contribution in [0.25, 0.3) is 6.08 Å². The molecule has 0 saturated heterocycles. The molecule has 2 N–H and O–H groups in total. The number of carbonyl (C=O) groups is 1. The molecule has 102 valence electrons. The molecular formula is C16H22N2O. The predicted octanol–water partition coefficient (Wildman–Crippen LogP) is 2.91. The Kier molecular flexibility index (Phi) is 5.01.